The predicted octanol–water partition coefficient (Wildman–Crippen LogP) is 4.87. The maximum atomic E-state index is 14.7. The van der Waals surface area contributed by atoms with Crippen molar-refractivity contribution in [2.45, 2.75) is 120 Å². The monoisotopic (exact) mass is 824 g/mol. The number of fused-ring (bicyclic) bond motifs is 2. The van der Waals surface area contributed by atoms with E-state index in [0.717, 1.165) is 0 Å². The van der Waals surface area contributed by atoms with Gasteiger partial charge in [0, 0.05) is 36.2 Å². The number of halogens is 3. The van der Waals surface area contributed by atoms with Gasteiger partial charge in [-0.15, -0.1) is 11.3 Å². The number of alkyl carbamates (subject to hydrolysis) is 1. The zero-order valence-corrected chi connectivity index (χ0v) is 33.4. The molecule has 0 bridgehead atoms. The second kappa shape index (κ2) is 15.2. The van der Waals surface area contributed by atoms with Crippen molar-refractivity contribution in [2.75, 3.05) is 6.54 Å². The first-order chi connectivity index (χ1) is 26.1. The van der Waals surface area contributed by atoms with Gasteiger partial charge in [-0.2, -0.15) is 13.2 Å². The van der Waals surface area contributed by atoms with E-state index in [0.29, 0.717) is 62.4 Å². The van der Waals surface area contributed by atoms with Gasteiger partial charge in [-0.1, -0.05) is 26.0 Å². The summed E-state index contributed by atoms with van der Waals surface area (Å²) < 4.78 is 79.5. The molecular formula is C37H47F3N6O8S2. The maximum absolute atomic E-state index is 14.7. The van der Waals surface area contributed by atoms with E-state index >= 15 is 0 Å². The van der Waals surface area contributed by atoms with Crippen LogP contribution < -0.4 is 20.1 Å². The predicted molar refractivity (Wildman–Crippen MR) is 198 cm³/mol. The molecule has 3 N–H and O–H groups in total. The molecule has 56 heavy (non-hydrogen) atoms. The van der Waals surface area contributed by atoms with Crippen LogP contribution in [0.2, 0.25) is 0 Å². The summed E-state index contributed by atoms with van der Waals surface area (Å²) in [5, 5.41) is 7.59. The van der Waals surface area contributed by atoms with Crippen LogP contribution in [0.4, 0.5) is 18.0 Å². The molecule has 7 unspecified atom stereocenters. The fraction of sp³-hybridized carbons (Fsp3) is 0.622. The number of allylic oxidation sites excluding steroid dienone is 1. The number of pyridine rings is 1. The summed E-state index contributed by atoms with van der Waals surface area (Å²) in [4.78, 5) is 65.8. The van der Waals surface area contributed by atoms with Gasteiger partial charge in [-0.05, 0) is 77.2 Å². The van der Waals surface area contributed by atoms with Crippen LogP contribution in [0, 0.1) is 17.8 Å². The highest BCUT2D eigenvalue weighted by Crippen LogP contribution is 2.47. The average molecular weight is 825 g/mol. The number of alkyl halides is 3. The minimum Gasteiger partial charge on any atom is -0.488 e. The molecule has 0 spiro atoms. The third kappa shape index (κ3) is 8.67. The lowest BCUT2D eigenvalue weighted by Crippen LogP contribution is -2.59. The smallest absolute Gasteiger partial charge is 0.427 e. The minimum atomic E-state index is -4.91. The van der Waals surface area contributed by atoms with Crippen LogP contribution in [-0.4, -0.2) is 93.9 Å². The highest BCUT2D eigenvalue weighted by molar-refractivity contribution is 7.91. The summed E-state index contributed by atoms with van der Waals surface area (Å²) in [6, 6.07) is 0.547. The molecule has 2 aromatic heterocycles. The standard InChI is InChI=1S/C37H47F3N6O8S2/c1-21-8-6-7-9-23-19-36(23,32(49)45-56(51,52)35(5)11-12-35)44-29(47)27-18-25(53-24-10-13-41-26(17-24)30-42-14-15-55-30)20-46(27)31(48)28(22(2)16-21)43-33(50)54-34(3,4)37(38,39)40/h7,9-10,13-15,17,21-23,25,27-28H,6,8,11-12,16,18-20H2,1-5H3,(H,43,50)(H,44,47)(H,45,49). The molecule has 2 aliphatic heterocycles. The lowest BCUT2D eigenvalue weighted by atomic mass is 9.88. The largest absolute Gasteiger partial charge is 0.488 e. The first-order valence-electron chi connectivity index (χ1n) is 18.6. The molecule has 0 aromatic carbocycles. The Hall–Kier alpha value is -4.26. The van der Waals surface area contributed by atoms with E-state index in [-0.39, 0.29) is 25.3 Å². The number of hydrogen-bond acceptors (Lipinski definition) is 11. The summed E-state index contributed by atoms with van der Waals surface area (Å²) in [6.07, 6.45) is 1.97. The first-order valence-corrected chi connectivity index (χ1v) is 21.0. The number of hydrogen-bond donors (Lipinski definition) is 3. The van der Waals surface area contributed by atoms with Crippen molar-refractivity contribution in [1.82, 2.24) is 30.2 Å². The Morgan fingerprint density at radius 2 is 1.84 bits per heavy atom. The number of nitrogens with one attached hydrogen (secondary N) is 3. The molecule has 4 aliphatic rings. The van der Waals surface area contributed by atoms with Gasteiger partial charge in [-0.3, -0.25) is 24.1 Å². The maximum Gasteiger partial charge on any atom is 0.427 e. The van der Waals surface area contributed by atoms with Crippen molar-refractivity contribution in [3.8, 4) is 16.5 Å². The quantitative estimate of drug-likeness (QED) is 0.310. The zero-order valence-electron chi connectivity index (χ0n) is 31.7. The van der Waals surface area contributed by atoms with Gasteiger partial charge in [0.2, 0.25) is 27.4 Å². The molecule has 2 aromatic rings. The SMILES string of the molecule is CC1CCC=CC2CC2(C(=O)NS(=O)(=O)C2(C)CC2)NC(=O)C2CC(Oc3ccnc(-c4nccs4)c3)CN2C(=O)C(NC(=O)OC(C)(C)C(F)(F)F)C(C)C1. The van der Waals surface area contributed by atoms with E-state index < -0.39 is 85.9 Å². The van der Waals surface area contributed by atoms with Crippen molar-refractivity contribution in [1.29, 1.82) is 0 Å². The summed E-state index contributed by atoms with van der Waals surface area (Å²) in [7, 11) is -4.07. The minimum absolute atomic E-state index is 0.0277. The molecule has 4 amide bonds. The van der Waals surface area contributed by atoms with Crippen LogP contribution in [0.1, 0.15) is 79.6 Å². The van der Waals surface area contributed by atoms with E-state index in [1.165, 1.54) is 29.4 Å². The second-order valence-electron chi connectivity index (χ2n) is 16.2. The number of carbonyl (C=O) groups excluding carboxylic acids is 4. The van der Waals surface area contributed by atoms with Gasteiger partial charge in [0.25, 0.3) is 5.91 Å². The van der Waals surface area contributed by atoms with Gasteiger partial charge >= 0.3 is 12.3 Å². The van der Waals surface area contributed by atoms with Gasteiger partial charge in [-0.25, -0.2) is 18.2 Å². The number of amides is 4. The van der Waals surface area contributed by atoms with Gasteiger partial charge in [0.1, 0.15) is 40.2 Å². The number of ether oxygens (including phenoxy) is 2. The first kappa shape index (κ1) is 41.4. The van der Waals surface area contributed by atoms with Crippen molar-refractivity contribution in [2.24, 2.45) is 17.8 Å². The topological polar surface area (TPSA) is 186 Å². The summed E-state index contributed by atoms with van der Waals surface area (Å²) in [5.41, 5.74) is -3.97. The summed E-state index contributed by atoms with van der Waals surface area (Å²) >= 11 is 1.37. The molecular weight excluding hydrogens is 778 g/mol. The summed E-state index contributed by atoms with van der Waals surface area (Å²) in [5.74, 6) is -3.24. The molecule has 14 nitrogen and oxygen atoms in total. The molecule has 3 fully saturated rings. The highest BCUT2D eigenvalue weighted by Gasteiger charge is 2.63. The Kier molecular flexibility index (Phi) is 11.3. The van der Waals surface area contributed by atoms with Crippen LogP contribution in [-0.2, 0) is 29.1 Å². The van der Waals surface area contributed by atoms with Crippen LogP contribution in [0.5, 0.6) is 5.75 Å². The van der Waals surface area contributed by atoms with Crippen LogP contribution in [0.3, 0.4) is 0 Å². The molecule has 4 heterocycles. The molecule has 1 saturated heterocycles. The normalized spacial score (nSPS) is 29.5. The van der Waals surface area contributed by atoms with Crippen LogP contribution in [0.25, 0.3) is 10.7 Å². The van der Waals surface area contributed by atoms with Gasteiger partial charge in [0.05, 0.1) is 11.3 Å². The number of thiazole rings is 1. The Morgan fingerprint density at radius 3 is 2.50 bits per heavy atom. The van der Waals surface area contributed by atoms with Crippen LogP contribution >= 0.6 is 11.3 Å². The lowest BCUT2D eigenvalue weighted by molar-refractivity contribution is -0.244. The number of carbonyl (C=O) groups is 4. The number of rotatable bonds is 8. The Balaban J connectivity index is 1.33. The third-order valence-electron chi connectivity index (χ3n) is 11.2. The lowest BCUT2D eigenvalue weighted by Gasteiger charge is -2.34. The van der Waals surface area contributed by atoms with Crippen molar-refractivity contribution in [3.05, 3.63) is 42.1 Å². The molecule has 0 radical (unpaired) electrons. The van der Waals surface area contributed by atoms with Gasteiger partial charge in [0.15, 0.2) is 0 Å². The summed E-state index contributed by atoms with van der Waals surface area (Å²) in [6.45, 7) is 6.38. The number of aromatic nitrogens is 2. The Labute approximate surface area is 327 Å². The fourth-order valence-electron chi connectivity index (χ4n) is 7.19. The molecule has 7 atom stereocenters. The van der Waals surface area contributed by atoms with E-state index in [2.05, 4.69) is 25.3 Å². The molecule has 19 heteroatoms. The van der Waals surface area contributed by atoms with Gasteiger partial charge < -0.3 is 25.0 Å². The van der Waals surface area contributed by atoms with Crippen molar-refractivity contribution in [3.63, 3.8) is 0 Å². The van der Waals surface area contributed by atoms with E-state index in [1.54, 1.807) is 36.7 Å². The zero-order chi connectivity index (χ0) is 40.8. The fourth-order valence-corrected chi connectivity index (χ4v) is 9.10. The van der Waals surface area contributed by atoms with Crippen molar-refractivity contribution < 1.29 is 50.2 Å². The third-order valence-corrected chi connectivity index (χ3v) is 14.2. The molecule has 2 aliphatic carbocycles. The average Bonchev–Trinajstić information content (AvgIpc) is 3.86. The highest BCUT2D eigenvalue weighted by atomic mass is 32.2. The molecule has 6 rings (SSSR count). The van der Waals surface area contributed by atoms with E-state index in [1.807, 2.05) is 13.0 Å². The van der Waals surface area contributed by atoms with E-state index in [4.69, 9.17) is 9.47 Å². The second-order valence-corrected chi connectivity index (χ2v) is 19.3. The van der Waals surface area contributed by atoms with Crippen molar-refractivity contribution >= 4 is 45.2 Å². The molecule has 2 saturated carbocycles. The number of sulfonamides is 1. The number of nitrogens with zero attached hydrogens (tertiary/aromatic N) is 3. The Bertz CT molecular complexity index is 1970. The Morgan fingerprint density at radius 1 is 1.11 bits per heavy atom. The molecule has 306 valence electrons. The van der Waals surface area contributed by atoms with Crippen LogP contribution in [0.15, 0.2) is 42.1 Å². The van der Waals surface area contributed by atoms with E-state index in [9.17, 15) is 40.8 Å².